The van der Waals surface area contributed by atoms with Gasteiger partial charge in [0, 0.05) is 17.1 Å². The first kappa shape index (κ1) is 35.7. The number of para-hydroxylation sites is 1. The molecule has 0 spiro atoms. The van der Waals surface area contributed by atoms with Crippen LogP contribution in [0.25, 0.3) is 77.5 Å². The predicted octanol–water partition coefficient (Wildman–Crippen LogP) is 16.3. The Morgan fingerprint density at radius 3 is 1.14 bits per heavy atom. The van der Waals surface area contributed by atoms with Gasteiger partial charge in [0.2, 0.25) is 0 Å². The van der Waals surface area contributed by atoms with Crippen LogP contribution >= 0.6 is 0 Å². The topological polar surface area (TPSA) is 3.24 Å². The lowest BCUT2D eigenvalue weighted by Crippen LogP contribution is -2.09. The Morgan fingerprint density at radius 2 is 0.542 bits per heavy atom. The maximum absolute atomic E-state index is 2.33. The Hall–Kier alpha value is -7.74. The van der Waals surface area contributed by atoms with E-state index in [0.717, 1.165) is 17.1 Å². The lowest BCUT2D eigenvalue weighted by Gasteiger charge is -2.26. The second-order valence-corrected chi connectivity index (χ2v) is 14.9. The van der Waals surface area contributed by atoms with Gasteiger partial charge in [0.25, 0.3) is 0 Å². The van der Waals surface area contributed by atoms with Gasteiger partial charge in [-0.25, -0.2) is 0 Å². The van der Waals surface area contributed by atoms with E-state index in [2.05, 4.69) is 254 Å². The highest BCUT2D eigenvalue weighted by atomic mass is 15.1. The Morgan fingerprint density at radius 1 is 0.203 bits per heavy atom. The summed E-state index contributed by atoms with van der Waals surface area (Å²) in [6, 6.07) is 89.6. The van der Waals surface area contributed by atoms with Gasteiger partial charge in [0.05, 0.1) is 0 Å². The molecule has 1 nitrogen and oxygen atoms in total. The van der Waals surface area contributed by atoms with Crippen LogP contribution < -0.4 is 4.90 Å². The quantitative estimate of drug-likeness (QED) is 0.142. The number of hydrogen-bond acceptors (Lipinski definition) is 1. The third kappa shape index (κ3) is 7.23. The summed E-state index contributed by atoms with van der Waals surface area (Å²) in [6.45, 7) is 0. The summed E-state index contributed by atoms with van der Waals surface area (Å²) < 4.78 is 0. The number of fused-ring (bicyclic) bond motifs is 1. The zero-order valence-corrected chi connectivity index (χ0v) is 32.6. The summed E-state index contributed by atoms with van der Waals surface area (Å²) in [5.74, 6) is 0. The van der Waals surface area contributed by atoms with Gasteiger partial charge in [0.1, 0.15) is 0 Å². The van der Waals surface area contributed by atoms with E-state index in [1.54, 1.807) is 0 Å². The van der Waals surface area contributed by atoms with Crippen molar-refractivity contribution in [2.75, 3.05) is 4.90 Å². The molecule has 0 aromatic heterocycles. The van der Waals surface area contributed by atoms with Crippen LogP contribution in [0.2, 0.25) is 0 Å². The molecule has 0 atom stereocenters. The number of benzene rings is 10. The van der Waals surface area contributed by atoms with E-state index in [1.165, 1.54) is 77.5 Å². The molecule has 0 saturated carbocycles. The van der Waals surface area contributed by atoms with E-state index >= 15 is 0 Å². The number of anilines is 3. The first-order chi connectivity index (χ1) is 29.3. The molecule has 0 fully saturated rings. The summed E-state index contributed by atoms with van der Waals surface area (Å²) >= 11 is 0. The first-order valence-corrected chi connectivity index (χ1v) is 20.3. The number of nitrogens with zero attached hydrogens (tertiary/aromatic N) is 1. The maximum atomic E-state index is 2.33. The van der Waals surface area contributed by atoms with Gasteiger partial charge in [0.15, 0.2) is 0 Å². The standard InChI is InChI=1S/C58H41N/c1-4-15-42(16-5-1)49-21-12-22-50(41-49)55-26-11-10-25-54(55)46-35-39-53(40-36-46)59(51-23-8-3-9-24-51)52-37-33-44(34-38-52)43-29-31-47(32-30-43)57-28-14-20-48-19-13-27-56(58(48)57)45-17-6-2-7-18-45/h1-41H. The minimum Gasteiger partial charge on any atom is -0.311 e. The molecular weight excluding hydrogens is 711 g/mol. The van der Waals surface area contributed by atoms with Crippen LogP contribution in [0.15, 0.2) is 249 Å². The molecule has 1 heteroatoms. The molecule has 278 valence electrons. The highest BCUT2D eigenvalue weighted by Crippen LogP contribution is 2.40. The summed E-state index contributed by atoms with van der Waals surface area (Å²) in [5.41, 5.74) is 17.9. The van der Waals surface area contributed by atoms with Crippen molar-refractivity contribution in [1.29, 1.82) is 0 Å². The largest absolute Gasteiger partial charge is 0.311 e. The molecular formula is C58H41N. The molecule has 10 aromatic carbocycles. The monoisotopic (exact) mass is 751 g/mol. The SMILES string of the molecule is c1ccc(-c2cccc(-c3ccccc3-c3ccc(N(c4ccccc4)c4ccc(-c5ccc(-c6cccc7cccc(-c8ccccc8)c67)cc5)cc4)cc3)c2)cc1. The highest BCUT2D eigenvalue weighted by Gasteiger charge is 2.15. The van der Waals surface area contributed by atoms with E-state index in [-0.39, 0.29) is 0 Å². The third-order valence-corrected chi connectivity index (χ3v) is 11.3. The van der Waals surface area contributed by atoms with Gasteiger partial charge in [-0.3, -0.25) is 0 Å². The van der Waals surface area contributed by atoms with Gasteiger partial charge < -0.3 is 4.90 Å². The van der Waals surface area contributed by atoms with Gasteiger partial charge in [-0.2, -0.15) is 0 Å². The van der Waals surface area contributed by atoms with E-state index in [0.29, 0.717) is 0 Å². The number of rotatable bonds is 9. The van der Waals surface area contributed by atoms with Crippen LogP contribution in [0.5, 0.6) is 0 Å². The smallest absolute Gasteiger partial charge is 0.0462 e. The molecule has 0 N–H and O–H groups in total. The van der Waals surface area contributed by atoms with Gasteiger partial charge in [-0.15, -0.1) is 0 Å². The second-order valence-electron chi connectivity index (χ2n) is 14.9. The minimum absolute atomic E-state index is 1.10. The van der Waals surface area contributed by atoms with Crippen molar-refractivity contribution in [2.24, 2.45) is 0 Å². The summed E-state index contributed by atoms with van der Waals surface area (Å²) in [4.78, 5) is 2.33. The Labute approximate surface area is 346 Å². The molecule has 0 amide bonds. The summed E-state index contributed by atoms with van der Waals surface area (Å²) in [6.07, 6.45) is 0. The zero-order valence-electron chi connectivity index (χ0n) is 32.6. The van der Waals surface area contributed by atoms with E-state index in [9.17, 15) is 0 Å². The lowest BCUT2D eigenvalue weighted by molar-refractivity contribution is 1.28. The zero-order chi connectivity index (χ0) is 39.4. The van der Waals surface area contributed by atoms with Crippen LogP contribution in [0, 0.1) is 0 Å². The maximum Gasteiger partial charge on any atom is 0.0462 e. The molecule has 0 bridgehead atoms. The lowest BCUT2D eigenvalue weighted by atomic mass is 9.91. The number of hydrogen-bond donors (Lipinski definition) is 0. The second kappa shape index (κ2) is 16.0. The fourth-order valence-electron chi connectivity index (χ4n) is 8.38. The average Bonchev–Trinajstić information content (AvgIpc) is 3.33. The van der Waals surface area contributed by atoms with E-state index in [4.69, 9.17) is 0 Å². The molecule has 0 saturated heterocycles. The molecule has 0 aliphatic heterocycles. The van der Waals surface area contributed by atoms with Gasteiger partial charge in [-0.05, 0) is 120 Å². The van der Waals surface area contributed by atoms with Crippen LogP contribution in [0.4, 0.5) is 17.1 Å². The molecule has 10 rings (SSSR count). The summed E-state index contributed by atoms with van der Waals surface area (Å²) in [5, 5.41) is 2.53. The van der Waals surface area contributed by atoms with Crippen LogP contribution in [-0.4, -0.2) is 0 Å². The first-order valence-electron chi connectivity index (χ1n) is 20.3. The predicted molar refractivity (Wildman–Crippen MR) is 251 cm³/mol. The van der Waals surface area contributed by atoms with Crippen molar-refractivity contribution in [3.8, 4) is 66.8 Å². The molecule has 0 aliphatic rings. The Balaban J connectivity index is 0.944. The fraction of sp³-hybridized carbons (Fsp3) is 0. The minimum atomic E-state index is 1.10. The summed E-state index contributed by atoms with van der Waals surface area (Å²) in [7, 11) is 0. The molecule has 0 heterocycles. The molecule has 0 aliphatic carbocycles. The Kier molecular flexibility index (Phi) is 9.68. The fourth-order valence-corrected chi connectivity index (χ4v) is 8.38. The molecule has 0 radical (unpaired) electrons. The normalized spacial score (nSPS) is 11.1. The molecule has 10 aromatic rings. The Bertz CT molecular complexity index is 2980. The highest BCUT2D eigenvalue weighted by molar-refractivity contribution is 6.06. The van der Waals surface area contributed by atoms with E-state index < -0.39 is 0 Å². The van der Waals surface area contributed by atoms with Crippen LogP contribution in [-0.2, 0) is 0 Å². The van der Waals surface area contributed by atoms with E-state index in [1.807, 2.05) is 0 Å². The van der Waals surface area contributed by atoms with Gasteiger partial charge in [-0.1, -0.05) is 206 Å². The third-order valence-electron chi connectivity index (χ3n) is 11.3. The molecule has 0 unspecified atom stereocenters. The van der Waals surface area contributed by atoms with Crippen molar-refractivity contribution in [2.45, 2.75) is 0 Å². The van der Waals surface area contributed by atoms with Crippen molar-refractivity contribution in [1.82, 2.24) is 0 Å². The average molecular weight is 752 g/mol. The van der Waals surface area contributed by atoms with Crippen LogP contribution in [0.3, 0.4) is 0 Å². The molecule has 59 heavy (non-hydrogen) atoms. The van der Waals surface area contributed by atoms with Crippen molar-refractivity contribution >= 4 is 27.8 Å². The van der Waals surface area contributed by atoms with Crippen molar-refractivity contribution in [3.63, 3.8) is 0 Å². The van der Waals surface area contributed by atoms with Gasteiger partial charge >= 0.3 is 0 Å². The van der Waals surface area contributed by atoms with Crippen molar-refractivity contribution < 1.29 is 0 Å². The van der Waals surface area contributed by atoms with Crippen molar-refractivity contribution in [3.05, 3.63) is 249 Å². The van der Waals surface area contributed by atoms with Crippen LogP contribution in [0.1, 0.15) is 0 Å².